The van der Waals surface area contributed by atoms with Crippen molar-refractivity contribution in [2.75, 3.05) is 0 Å². The maximum atomic E-state index is 2.60. The van der Waals surface area contributed by atoms with E-state index in [0.717, 1.165) is 35.5 Å². The number of hydrogen-bond acceptors (Lipinski definition) is 0. The summed E-state index contributed by atoms with van der Waals surface area (Å²) in [4.78, 5) is 0. The topological polar surface area (TPSA) is 0 Å². The second kappa shape index (κ2) is 4.94. The normalized spacial score (nSPS) is 50.5. The molecule has 0 radical (unpaired) electrons. The van der Waals surface area contributed by atoms with Gasteiger partial charge in [-0.3, -0.25) is 0 Å². The van der Waals surface area contributed by atoms with E-state index in [4.69, 9.17) is 0 Å². The summed E-state index contributed by atoms with van der Waals surface area (Å²) in [6, 6.07) is 0. The average Bonchev–Trinajstić information content (AvgIpc) is 2.38. The van der Waals surface area contributed by atoms with Crippen molar-refractivity contribution in [1.29, 1.82) is 0 Å². The molecule has 3 saturated carbocycles. The fourth-order valence-electron chi connectivity index (χ4n) is 5.81. The van der Waals surface area contributed by atoms with Crippen LogP contribution in [-0.2, 0) is 0 Å². The lowest BCUT2D eigenvalue weighted by atomic mass is 9.53. The van der Waals surface area contributed by atoms with Gasteiger partial charge in [0.25, 0.3) is 0 Å². The molecular formula is C17H30. The van der Waals surface area contributed by atoms with Crippen LogP contribution in [0.3, 0.4) is 0 Å². The molecule has 3 aliphatic rings. The van der Waals surface area contributed by atoms with Crippen LogP contribution in [0.15, 0.2) is 0 Å². The lowest BCUT2D eigenvalue weighted by Crippen LogP contribution is -2.44. The van der Waals surface area contributed by atoms with Crippen molar-refractivity contribution in [3.05, 3.63) is 0 Å². The predicted octanol–water partition coefficient (Wildman–Crippen LogP) is 5.28. The van der Waals surface area contributed by atoms with Crippen LogP contribution in [0.5, 0.6) is 0 Å². The summed E-state index contributed by atoms with van der Waals surface area (Å²) in [5.41, 5.74) is 0. The van der Waals surface area contributed by atoms with Gasteiger partial charge in [0.1, 0.15) is 0 Å². The van der Waals surface area contributed by atoms with Crippen molar-refractivity contribution in [1.82, 2.24) is 0 Å². The molecule has 0 spiro atoms. The van der Waals surface area contributed by atoms with Gasteiger partial charge >= 0.3 is 0 Å². The van der Waals surface area contributed by atoms with Crippen molar-refractivity contribution in [2.45, 2.75) is 71.6 Å². The van der Waals surface area contributed by atoms with Gasteiger partial charge in [0.05, 0.1) is 0 Å². The molecule has 0 aromatic heterocycles. The second-order valence-electron chi connectivity index (χ2n) is 7.23. The molecule has 0 amide bonds. The van der Waals surface area contributed by atoms with E-state index >= 15 is 0 Å². The van der Waals surface area contributed by atoms with Crippen LogP contribution in [0.25, 0.3) is 0 Å². The third-order valence-electron chi connectivity index (χ3n) is 6.70. The van der Waals surface area contributed by atoms with Crippen LogP contribution < -0.4 is 0 Å². The Bertz CT molecular complexity index is 255. The van der Waals surface area contributed by atoms with Gasteiger partial charge < -0.3 is 0 Å². The van der Waals surface area contributed by atoms with Gasteiger partial charge in [0.15, 0.2) is 0 Å². The maximum Gasteiger partial charge on any atom is -0.0326 e. The summed E-state index contributed by atoms with van der Waals surface area (Å²) in [7, 11) is 0. The second-order valence-corrected chi connectivity index (χ2v) is 7.23. The molecule has 0 aliphatic heterocycles. The van der Waals surface area contributed by atoms with E-state index in [1.54, 1.807) is 32.1 Å². The van der Waals surface area contributed by atoms with Crippen molar-refractivity contribution < 1.29 is 0 Å². The van der Waals surface area contributed by atoms with Gasteiger partial charge in [-0.05, 0) is 67.6 Å². The summed E-state index contributed by atoms with van der Waals surface area (Å²) in [6.07, 6.45) is 13.9. The fraction of sp³-hybridized carbons (Fsp3) is 1.00. The highest BCUT2D eigenvalue weighted by molar-refractivity contribution is 4.95. The van der Waals surface area contributed by atoms with Gasteiger partial charge in [0, 0.05) is 0 Å². The molecule has 6 atom stereocenters. The fourth-order valence-corrected chi connectivity index (χ4v) is 5.81. The van der Waals surface area contributed by atoms with Crippen molar-refractivity contribution in [2.24, 2.45) is 35.5 Å². The Morgan fingerprint density at radius 2 is 1.53 bits per heavy atom. The zero-order valence-electron chi connectivity index (χ0n) is 11.8. The lowest BCUT2D eigenvalue weighted by molar-refractivity contribution is -0.0302. The molecule has 6 unspecified atom stereocenters. The first-order valence-electron chi connectivity index (χ1n) is 8.31. The van der Waals surface area contributed by atoms with E-state index < -0.39 is 0 Å². The Balaban J connectivity index is 1.78. The molecule has 98 valence electrons. The first-order valence-corrected chi connectivity index (χ1v) is 8.31. The quantitative estimate of drug-likeness (QED) is 0.579. The molecular weight excluding hydrogens is 204 g/mol. The number of hydrogen-bond donors (Lipinski definition) is 0. The van der Waals surface area contributed by atoms with Crippen LogP contribution in [0, 0.1) is 35.5 Å². The van der Waals surface area contributed by atoms with E-state index in [1.165, 1.54) is 25.7 Å². The van der Waals surface area contributed by atoms with Crippen LogP contribution in [0.4, 0.5) is 0 Å². The van der Waals surface area contributed by atoms with Gasteiger partial charge in [-0.25, -0.2) is 0 Å². The summed E-state index contributed by atoms with van der Waals surface area (Å²) < 4.78 is 0. The molecule has 0 nitrogen and oxygen atoms in total. The van der Waals surface area contributed by atoms with Crippen LogP contribution in [0.2, 0.25) is 0 Å². The Kier molecular flexibility index (Phi) is 3.50. The first-order chi connectivity index (χ1) is 8.31. The molecule has 0 heteroatoms. The molecule has 0 N–H and O–H groups in total. The number of rotatable bonds is 1. The van der Waals surface area contributed by atoms with Gasteiger partial charge in [-0.2, -0.15) is 0 Å². The van der Waals surface area contributed by atoms with E-state index in [9.17, 15) is 0 Å². The summed E-state index contributed by atoms with van der Waals surface area (Å²) in [6.45, 7) is 5.02. The van der Waals surface area contributed by atoms with Crippen LogP contribution in [0.1, 0.15) is 71.6 Å². The van der Waals surface area contributed by atoms with Crippen LogP contribution >= 0.6 is 0 Å². The van der Waals surface area contributed by atoms with Gasteiger partial charge in [0.2, 0.25) is 0 Å². The van der Waals surface area contributed by atoms with Gasteiger partial charge in [-0.15, -0.1) is 0 Å². The Morgan fingerprint density at radius 1 is 0.824 bits per heavy atom. The Morgan fingerprint density at radius 3 is 2.35 bits per heavy atom. The van der Waals surface area contributed by atoms with E-state index in [0.29, 0.717) is 0 Å². The summed E-state index contributed by atoms with van der Waals surface area (Å²) >= 11 is 0. The minimum atomic E-state index is 1.03. The largest absolute Gasteiger partial charge is 0.0651 e. The smallest absolute Gasteiger partial charge is 0.0326 e. The van der Waals surface area contributed by atoms with Gasteiger partial charge in [-0.1, -0.05) is 39.5 Å². The van der Waals surface area contributed by atoms with E-state index in [2.05, 4.69) is 13.8 Å². The van der Waals surface area contributed by atoms with Crippen molar-refractivity contribution in [3.8, 4) is 0 Å². The SMILES string of the molecule is CCC1CCC2CCC3CCCCC3C2C1C. The lowest BCUT2D eigenvalue weighted by Gasteiger charge is -2.53. The standard InChI is InChI=1S/C17H30/c1-3-13-8-10-15-11-9-14-6-4-5-7-16(14)17(15)12(13)2/h12-17H,3-11H2,1-2H3. The van der Waals surface area contributed by atoms with Crippen molar-refractivity contribution in [3.63, 3.8) is 0 Å². The molecule has 3 rings (SSSR count). The molecule has 0 aromatic carbocycles. The third-order valence-corrected chi connectivity index (χ3v) is 6.70. The maximum absolute atomic E-state index is 2.60. The minimum absolute atomic E-state index is 1.03. The highest BCUT2D eigenvalue weighted by Gasteiger charge is 2.46. The minimum Gasteiger partial charge on any atom is -0.0651 e. The van der Waals surface area contributed by atoms with Crippen LogP contribution in [-0.4, -0.2) is 0 Å². The first kappa shape index (κ1) is 12.1. The molecule has 0 aromatic rings. The molecule has 17 heavy (non-hydrogen) atoms. The van der Waals surface area contributed by atoms with E-state index in [1.807, 2.05) is 0 Å². The third kappa shape index (κ3) is 2.06. The molecule has 3 aliphatic carbocycles. The zero-order chi connectivity index (χ0) is 11.8. The summed E-state index contributed by atoms with van der Waals surface area (Å²) in [5, 5.41) is 0. The highest BCUT2D eigenvalue weighted by atomic mass is 14.5. The highest BCUT2D eigenvalue weighted by Crippen LogP contribution is 2.54. The molecule has 0 saturated heterocycles. The van der Waals surface area contributed by atoms with E-state index in [-0.39, 0.29) is 0 Å². The molecule has 0 heterocycles. The molecule has 0 bridgehead atoms. The molecule has 3 fully saturated rings. The predicted molar refractivity (Wildman–Crippen MR) is 73.8 cm³/mol. The summed E-state index contributed by atoms with van der Waals surface area (Å²) in [5.74, 6) is 6.58. The monoisotopic (exact) mass is 234 g/mol. The number of fused-ring (bicyclic) bond motifs is 3. The zero-order valence-corrected chi connectivity index (χ0v) is 11.8. The van der Waals surface area contributed by atoms with Crippen molar-refractivity contribution >= 4 is 0 Å². The Labute approximate surface area is 108 Å². The Hall–Kier alpha value is 0. The average molecular weight is 234 g/mol.